The van der Waals surface area contributed by atoms with Crippen molar-refractivity contribution in [2.24, 2.45) is 0 Å². The molecule has 0 aliphatic rings. The van der Waals surface area contributed by atoms with Gasteiger partial charge in [0, 0.05) is 23.9 Å². The van der Waals surface area contributed by atoms with Gasteiger partial charge in [0.2, 0.25) is 0 Å². The molecule has 4 nitrogen and oxygen atoms in total. The van der Waals surface area contributed by atoms with E-state index in [9.17, 15) is 4.79 Å². The number of benzene rings is 2. The zero-order chi connectivity index (χ0) is 20.5. The Balaban J connectivity index is 1.77. The molecule has 0 amide bonds. The van der Waals surface area contributed by atoms with Crippen LogP contribution < -0.4 is 10.1 Å². The number of carbonyl (C=O) groups is 1. The molecule has 3 aromatic rings. The van der Waals surface area contributed by atoms with Gasteiger partial charge >= 0.3 is 0 Å². The first-order valence-corrected chi connectivity index (χ1v) is 10.2. The molecule has 1 aromatic heterocycles. The largest absolute Gasteiger partial charge is 0.489 e. The smallest absolute Gasteiger partial charge is 0.197 e. The van der Waals surface area contributed by atoms with Crippen LogP contribution >= 0.6 is 0 Å². The molecule has 29 heavy (non-hydrogen) atoms. The second-order valence-electron chi connectivity index (χ2n) is 7.07. The lowest BCUT2D eigenvalue weighted by atomic mass is 9.98. The molecule has 1 N–H and O–H groups in total. The topological polar surface area (TPSA) is 51.2 Å². The van der Waals surface area contributed by atoms with Crippen molar-refractivity contribution >= 4 is 11.6 Å². The fraction of sp³-hybridized carbons (Fsp3) is 0.280. The summed E-state index contributed by atoms with van der Waals surface area (Å²) < 4.78 is 5.99. The highest BCUT2D eigenvalue weighted by atomic mass is 16.5. The summed E-state index contributed by atoms with van der Waals surface area (Å²) >= 11 is 0. The fourth-order valence-corrected chi connectivity index (χ4v) is 3.21. The van der Waals surface area contributed by atoms with Crippen LogP contribution in [0, 0.1) is 6.92 Å². The van der Waals surface area contributed by atoms with Gasteiger partial charge in [-0.15, -0.1) is 0 Å². The van der Waals surface area contributed by atoms with E-state index >= 15 is 0 Å². The molecule has 0 aliphatic carbocycles. The van der Waals surface area contributed by atoms with E-state index in [1.807, 2.05) is 61.5 Å². The molecule has 2 aromatic carbocycles. The maximum atomic E-state index is 13.3. The molecule has 0 radical (unpaired) electrons. The Morgan fingerprint density at radius 3 is 2.55 bits per heavy atom. The third kappa shape index (κ3) is 5.44. The first kappa shape index (κ1) is 20.6. The first-order valence-electron chi connectivity index (χ1n) is 10.2. The third-order valence-electron chi connectivity index (χ3n) is 4.89. The van der Waals surface area contributed by atoms with Crippen molar-refractivity contribution in [1.82, 2.24) is 4.98 Å². The highest BCUT2D eigenvalue weighted by Gasteiger charge is 2.18. The van der Waals surface area contributed by atoms with Gasteiger partial charge in [-0.2, -0.15) is 0 Å². The quantitative estimate of drug-likeness (QED) is 0.352. The van der Waals surface area contributed by atoms with E-state index in [1.54, 1.807) is 12.3 Å². The van der Waals surface area contributed by atoms with Gasteiger partial charge in [-0.05, 0) is 37.1 Å². The number of pyridine rings is 1. The Morgan fingerprint density at radius 1 is 0.966 bits per heavy atom. The van der Waals surface area contributed by atoms with Crippen molar-refractivity contribution < 1.29 is 9.53 Å². The van der Waals surface area contributed by atoms with E-state index in [0.717, 1.165) is 42.7 Å². The van der Waals surface area contributed by atoms with Gasteiger partial charge < -0.3 is 10.1 Å². The van der Waals surface area contributed by atoms with Gasteiger partial charge in [0.25, 0.3) is 0 Å². The van der Waals surface area contributed by atoms with E-state index in [-0.39, 0.29) is 5.78 Å². The molecule has 1 heterocycles. The Labute approximate surface area is 173 Å². The summed E-state index contributed by atoms with van der Waals surface area (Å²) in [7, 11) is 0. The Kier molecular flexibility index (Phi) is 7.40. The number of ketones is 1. The number of rotatable bonds is 10. The van der Waals surface area contributed by atoms with Crippen molar-refractivity contribution in [2.75, 3.05) is 11.9 Å². The monoisotopic (exact) mass is 388 g/mol. The number of carbonyl (C=O) groups excluding carboxylic acids is 1. The van der Waals surface area contributed by atoms with Gasteiger partial charge in [-0.25, -0.2) is 4.98 Å². The summed E-state index contributed by atoms with van der Waals surface area (Å²) in [6, 6.07) is 19.3. The average Bonchev–Trinajstić information content (AvgIpc) is 2.76. The molecule has 0 aliphatic heterocycles. The minimum atomic E-state index is -0.0428. The molecule has 4 heteroatoms. The number of nitrogens with one attached hydrogen (secondary N) is 1. The highest BCUT2D eigenvalue weighted by molar-refractivity contribution is 6.12. The number of aromatic nitrogens is 1. The molecule has 0 spiro atoms. The van der Waals surface area contributed by atoms with Crippen LogP contribution in [0.15, 0.2) is 66.9 Å². The summed E-state index contributed by atoms with van der Waals surface area (Å²) in [5.74, 6) is 1.32. The Bertz CT molecular complexity index is 939. The summed E-state index contributed by atoms with van der Waals surface area (Å²) in [6.07, 6.45) is 5.08. The van der Waals surface area contributed by atoms with E-state index in [4.69, 9.17) is 4.74 Å². The van der Waals surface area contributed by atoms with Crippen LogP contribution in [0.5, 0.6) is 5.75 Å². The molecule has 0 unspecified atom stereocenters. The Morgan fingerprint density at radius 2 is 1.76 bits per heavy atom. The van der Waals surface area contributed by atoms with Crippen molar-refractivity contribution in [3.63, 3.8) is 0 Å². The molecule has 150 valence electrons. The van der Waals surface area contributed by atoms with Crippen molar-refractivity contribution in [3.05, 3.63) is 89.1 Å². The molecular formula is C25H28N2O2. The number of ether oxygens (including phenoxy) is 1. The summed E-state index contributed by atoms with van der Waals surface area (Å²) in [6.45, 7) is 5.38. The van der Waals surface area contributed by atoms with Gasteiger partial charge in [0.15, 0.2) is 5.78 Å². The minimum absolute atomic E-state index is 0.0428. The van der Waals surface area contributed by atoms with Crippen LogP contribution in [0.1, 0.15) is 53.2 Å². The SMILES string of the molecule is CCCCCNc1ncccc1C(=O)c1cccc(OCc2ccccc2)c1C. The van der Waals surface area contributed by atoms with Crippen LogP contribution in [-0.2, 0) is 6.61 Å². The predicted molar refractivity (Wildman–Crippen MR) is 118 cm³/mol. The maximum absolute atomic E-state index is 13.3. The average molecular weight is 389 g/mol. The zero-order valence-electron chi connectivity index (χ0n) is 17.2. The molecular weight excluding hydrogens is 360 g/mol. The van der Waals surface area contributed by atoms with Gasteiger partial charge in [-0.3, -0.25) is 4.79 Å². The van der Waals surface area contributed by atoms with Gasteiger partial charge in [-0.1, -0.05) is 62.2 Å². The lowest BCUT2D eigenvalue weighted by Crippen LogP contribution is -2.12. The molecule has 0 fully saturated rings. The standard InChI is InChI=1S/C25H28N2O2/c1-3-4-8-16-26-25-22(14-10-17-27-25)24(28)21-13-9-15-23(19(21)2)29-18-20-11-6-5-7-12-20/h5-7,9-15,17H,3-4,8,16,18H2,1-2H3,(H,26,27). The molecule has 0 saturated heterocycles. The minimum Gasteiger partial charge on any atom is -0.489 e. The predicted octanol–water partition coefficient (Wildman–Crippen LogP) is 5.80. The van der Waals surface area contributed by atoms with Crippen LogP contribution in [0.4, 0.5) is 5.82 Å². The lowest BCUT2D eigenvalue weighted by Gasteiger charge is -2.14. The van der Waals surface area contributed by atoms with Crippen LogP contribution in [-0.4, -0.2) is 17.3 Å². The Hall–Kier alpha value is -3.14. The molecule has 3 rings (SSSR count). The van der Waals surface area contributed by atoms with Crippen molar-refractivity contribution in [2.45, 2.75) is 39.7 Å². The fourth-order valence-electron chi connectivity index (χ4n) is 3.21. The van der Waals surface area contributed by atoms with E-state index in [0.29, 0.717) is 23.6 Å². The zero-order valence-corrected chi connectivity index (χ0v) is 17.2. The summed E-state index contributed by atoms with van der Waals surface area (Å²) in [4.78, 5) is 17.7. The lowest BCUT2D eigenvalue weighted by molar-refractivity contribution is 0.103. The van der Waals surface area contributed by atoms with Gasteiger partial charge in [0.05, 0.1) is 5.56 Å². The number of hydrogen-bond acceptors (Lipinski definition) is 4. The number of anilines is 1. The third-order valence-corrected chi connectivity index (χ3v) is 4.89. The number of unbranched alkanes of at least 4 members (excludes halogenated alkanes) is 2. The highest BCUT2D eigenvalue weighted by Crippen LogP contribution is 2.26. The van der Waals surface area contributed by atoms with E-state index in [2.05, 4.69) is 17.2 Å². The second-order valence-corrected chi connectivity index (χ2v) is 7.07. The van der Waals surface area contributed by atoms with Crippen molar-refractivity contribution in [1.29, 1.82) is 0 Å². The molecule has 0 bridgehead atoms. The van der Waals surface area contributed by atoms with Crippen LogP contribution in [0.25, 0.3) is 0 Å². The van der Waals surface area contributed by atoms with Crippen LogP contribution in [0.3, 0.4) is 0 Å². The van der Waals surface area contributed by atoms with Gasteiger partial charge in [0.1, 0.15) is 18.2 Å². The second kappa shape index (κ2) is 10.4. The summed E-state index contributed by atoms with van der Waals surface area (Å²) in [5, 5.41) is 3.32. The first-order chi connectivity index (χ1) is 14.2. The number of nitrogens with zero attached hydrogens (tertiary/aromatic N) is 1. The molecule has 0 atom stereocenters. The number of hydrogen-bond donors (Lipinski definition) is 1. The van der Waals surface area contributed by atoms with E-state index in [1.165, 1.54) is 0 Å². The summed E-state index contributed by atoms with van der Waals surface area (Å²) in [5.41, 5.74) is 3.16. The van der Waals surface area contributed by atoms with Crippen molar-refractivity contribution in [3.8, 4) is 5.75 Å². The normalized spacial score (nSPS) is 10.6. The maximum Gasteiger partial charge on any atom is 0.197 e. The van der Waals surface area contributed by atoms with Crippen LogP contribution in [0.2, 0.25) is 0 Å². The molecule has 0 saturated carbocycles. The van der Waals surface area contributed by atoms with E-state index < -0.39 is 0 Å².